The third kappa shape index (κ3) is 3.90. The number of carbonyl (C=O) groups excluding carboxylic acids is 1. The minimum absolute atomic E-state index is 0.295. The zero-order chi connectivity index (χ0) is 16.3. The molecular formula is C17H17F2N3O. The molecule has 1 amide bonds. The van der Waals surface area contributed by atoms with Gasteiger partial charge in [-0.2, -0.15) is 0 Å². The summed E-state index contributed by atoms with van der Waals surface area (Å²) in [4.78, 5) is 16.2. The van der Waals surface area contributed by atoms with Crippen molar-refractivity contribution in [2.45, 2.75) is 24.9 Å². The molecule has 1 saturated heterocycles. The maximum Gasteiger partial charge on any atom is 0.262 e. The van der Waals surface area contributed by atoms with Crippen LogP contribution < -0.4 is 10.6 Å². The Morgan fingerprint density at radius 3 is 2.87 bits per heavy atom. The van der Waals surface area contributed by atoms with Gasteiger partial charge in [0.05, 0.1) is 18.3 Å². The van der Waals surface area contributed by atoms with Gasteiger partial charge in [0.15, 0.2) is 0 Å². The number of carbonyl (C=O) groups is 1. The van der Waals surface area contributed by atoms with Crippen molar-refractivity contribution in [1.29, 1.82) is 0 Å². The summed E-state index contributed by atoms with van der Waals surface area (Å²) in [6, 6.07) is 12.5. The number of aromatic nitrogens is 1. The van der Waals surface area contributed by atoms with Crippen molar-refractivity contribution in [2.75, 3.05) is 6.54 Å². The van der Waals surface area contributed by atoms with Gasteiger partial charge < -0.3 is 5.32 Å². The molecule has 23 heavy (non-hydrogen) atoms. The number of benzene rings is 1. The number of halogens is 2. The highest BCUT2D eigenvalue weighted by Gasteiger charge is 2.42. The molecule has 2 N–H and O–H groups in total. The lowest BCUT2D eigenvalue weighted by Gasteiger charge is -2.12. The van der Waals surface area contributed by atoms with Crippen LogP contribution in [0.2, 0.25) is 0 Å². The topological polar surface area (TPSA) is 54.0 Å². The van der Waals surface area contributed by atoms with E-state index < -0.39 is 30.8 Å². The van der Waals surface area contributed by atoms with Crippen molar-refractivity contribution in [2.24, 2.45) is 0 Å². The van der Waals surface area contributed by atoms with Crippen LogP contribution in [0.1, 0.15) is 12.0 Å². The fourth-order valence-electron chi connectivity index (χ4n) is 2.59. The molecule has 1 aliphatic heterocycles. The molecule has 120 valence electrons. The van der Waals surface area contributed by atoms with E-state index in [1.807, 2.05) is 42.5 Å². The summed E-state index contributed by atoms with van der Waals surface area (Å²) in [5.41, 5.74) is 2.69. The van der Waals surface area contributed by atoms with Crippen molar-refractivity contribution >= 4 is 5.91 Å². The molecular weight excluding hydrogens is 300 g/mol. The SMILES string of the molecule is O=C(NCc1cccc(-c2ccccn2)c1)C1CC(F)(F)CN1. The third-order valence-corrected chi connectivity index (χ3v) is 3.78. The molecule has 0 bridgehead atoms. The van der Waals surface area contributed by atoms with Crippen LogP contribution in [-0.4, -0.2) is 29.4 Å². The van der Waals surface area contributed by atoms with Crippen LogP contribution in [0.3, 0.4) is 0 Å². The van der Waals surface area contributed by atoms with Crippen LogP contribution in [-0.2, 0) is 11.3 Å². The first-order chi connectivity index (χ1) is 11.0. The van der Waals surface area contributed by atoms with E-state index in [1.165, 1.54) is 0 Å². The quantitative estimate of drug-likeness (QED) is 0.910. The lowest BCUT2D eigenvalue weighted by Crippen LogP contribution is -2.40. The zero-order valence-corrected chi connectivity index (χ0v) is 12.4. The Bertz CT molecular complexity index is 691. The van der Waals surface area contributed by atoms with E-state index in [-0.39, 0.29) is 0 Å². The van der Waals surface area contributed by atoms with Gasteiger partial charge in [-0.1, -0.05) is 24.3 Å². The molecule has 1 aromatic carbocycles. The summed E-state index contributed by atoms with van der Waals surface area (Å²) in [6.07, 6.45) is 1.27. The molecule has 0 radical (unpaired) electrons. The molecule has 3 rings (SSSR count). The Hall–Kier alpha value is -2.34. The van der Waals surface area contributed by atoms with Crippen molar-refractivity contribution in [3.05, 3.63) is 54.2 Å². The fraction of sp³-hybridized carbons (Fsp3) is 0.294. The third-order valence-electron chi connectivity index (χ3n) is 3.78. The summed E-state index contributed by atoms with van der Waals surface area (Å²) < 4.78 is 26.2. The number of alkyl halides is 2. The highest BCUT2D eigenvalue weighted by molar-refractivity contribution is 5.82. The molecule has 6 heteroatoms. The van der Waals surface area contributed by atoms with E-state index in [9.17, 15) is 13.6 Å². The summed E-state index contributed by atoms with van der Waals surface area (Å²) in [7, 11) is 0. The second-order valence-electron chi connectivity index (χ2n) is 5.63. The van der Waals surface area contributed by atoms with E-state index in [2.05, 4.69) is 15.6 Å². The number of nitrogens with one attached hydrogen (secondary N) is 2. The van der Waals surface area contributed by atoms with Crippen LogP contribution in [0.15, 0.2) is 48.7 Å². The van der Waals surface area contributed by atoms with Gasteiger partial charge >= 0.3 is 0 Å². The Balaban J connectivity index is 1.62. The molecule has 1 aliphatic rings. The molecule has 1 aromatic heterocycles. The number of rotatable bonds is 4. The molecule has 2 heterocycles. The molecule has 1 fully saturated rings. The van der Waals surface area contributed by atoms with Crippen LogP contribution in [0.25, 0.3) is 11.3 Å². The second-order valence-corrected chi connectivity index (χ2v) is 5.63. The van der Waals surface area contributed by atoms with Gasteiger partial charge in [-0.25, -0.2) is 8.78 Å². The van der Waals surface area contributed by atoms with Crippen molar-refractivity contribution in [1.82, 2.24) is 15.6 Å². The van der Waals surface area contributed by atoms with Crippen LogP contribution >= 0.6 is 0 Å². The van der Waals surface area contributed by atoms with Crippen LogP contribution in [0, 0.1) is 0 Å². The molecule has 1 atom stereocenters. The van der Waals surface area contributed by atoms with Gasteiger partial charge in [0.2, 0.25) is 5.91 Å². The van der Waals surface area contributed by atoms with E-state index in [4.69, 9.17) is 0 Å². The first-order valence-corrected chi connectivity index (χ1v) is 7.43. The smallest absolute Gasteiger partial charge is 0.262 e. The normalized spacial score (nSPS) is 19.5. The summed E-state index contributed by atoms with van der Waals surface area (Å²) in [5, 5.41) is 5.25. The van der Waals surface area contributed by atoms with Gasteiger partial charge in [-0.05, 0) is 23.8 Å². The summed E-state index contributed by atoms with van der Waals surface area (Å²) >= 11 is 0. The zero-order valence-electron chi connectivity index (χ0n) is 12.4. The predicted octanol–water partition coefficient (Wildman–Crippen LogP) is 2.36. The average molecular weight is 317 g/mol. The van der Waals surface area contributed by atoms with Gasteiger partial charge in [0, 0.05) is 24.7 Å². The van der Waals surface area contributed by atoms with Gasteiger partial charge in [-0.15, -0.1) is 0 Å². The molecule has 0 aliphatic carbocycles. The first kappa shape index (κ1) is 15.6. The molecule has 4 nitrogen and oxygen atoms in total. The Kier molecular flexibility index (Phi) is 4.34. The summed E-state index contributed by atoms with van der Waals surface area (Å²) in [6.45, 7) is -0.149. The van der Waals surface area contributed by atoms with E-state index in [1.54, 1.807) is 6.20 Å². The largest absolute Gasteiger partial charge is 0.351 e. The predicted molar refractivity (Wildman–Crippen MR) is 82.9 cm³/mol. The van der Waals surface area contributed by atoms with Crippen molar-refractivity contribution in [3.63, 3.8) is 0 Å². The van der Waals surface area contributed by atoms with Crippen LogP contribution in [0.5, 0.6) is 0 Å². The number of amides is 1. The highest BCUT2D eigenvalue weighted by atomic mass is 19.3. The first-order valence-electron chi connectivity index (χ1n) is 7.43. The van der Waals surface area contributed by atoms with E-state index in [0.717, 1.165) is 16.8 Å². The maximum absolute atomic E-state index is 13.1. The monoisotopic (exact) mass is 317 g/mol. The highest BCUT2D eigenvalue weighted by Crippen LogP contribution is 2.25. The lowest BCUT2D eigenvalue weighted by molar-refractivity contribution is -0.123. The van der Waals surface area contributed by atoms with Crippen molar-refractivity contribution in [3.8, 4) is 11.3 Å². The van der Waals surface area contributed by atoms with Crippen LogP contribution in [0.4, 0.5) is 8.78 Å². The molecule has 1 unspecified atom stereocenters. The molecule has 2 aromatic rings. The van der Waals surface area contributed by atoms with Gasteiger partial charge in [0.1, 0.15) is 0 Å². The van der Waals surface area contributed by atoms with Crippen molar-refractivity contribution < 1.29 is 13.6 Å². The second kappa shape index (κ2) is 6.42. The minimum Gasteiger partial charge on any atom is -0.351 e. The summed E-state index contributed by atoms with van der Waals surface area (Å²) in [5.74, 6) is -3.20. The number of nitrogens with zero attached hydrogens (tertiary/aromatic N) is 1. The van der Waals surface area contributed by atoms with E-state index >= 15 is 0 Å². The Morgan fingerprint density at radius 2 is 2.17 bits per heavy atom. The standard InChI is InChI=1S/C17H17F2N3O/c18-17(19)9-15(22-11-17)16(23)21-10-12-4-3-5-13(8-12)14-6-1-2-7-20-14/h1-8,15,22H,9-11H2,(H,21,23). The number of pyridine rings is 1. The lowest BCUT2D eigenvalue weighted by atomic mass is 10.1. The number of hydrogen-bond acceptors (Lipinski definition) is 3. The fourth-order valence-corrected chi connectivity index (χ4v) is 2.59. The molecule has 0 saturated carbocycles. The van der Waals surface area contributed by atoms with E-state index in [0.29, 0.717) is 6.54 Å². The Labute approximate surface area is 132 Å². The maximum atomic E-state index is 13.1. The Morgan fingerprint density at radius 1 is 1.30 bits per heavy atom. The molecule has 0 spiro atoms. The average Bonchev–Trinajstić information content (AvgIpc) is 2.94. The van der Waals surface area contributed by atoms with Gasteiger partial charge in [-0.3, -0.25) is 15.1 Å². The van der Waals surface area contributed by atoms with Gasteiger partial charge in [0.25, 0.3) is 5.92 Å². The number of hydrogen-bond donors (Lipinski definition) is 2. The minimum atomic E-state index is -2.80.